The molecular formula is C22H24N2O. The normalized spacial score (nSPS) is 16.1. The molecule has 0 aliphatic heterocycles. The molecule has 0 spiro atoms. The van der Waals surface area contributed by atoms with E-state index in [1.165, 1.54) is 6.42 Å². The number of hydrogen-bond donors (Lipinski definition) is 1. The van der Waals surface area contributed by atoms with Crippen LogP contribution in [0.4, 0.5) is 0 Å². The van der Waals surface area contributed by atoms with Crippen molar-refractivity contribution in [3.63, 3.8) is 0 Å². The largest absolute Gasteiger partial charge is 0.273 e. The minimum Gasteiger partial charge on any atom is -0.273 e. The molecule has 0 bridgehead atoms. The van der Waals surface area contributed by atoms with Gasteiger partial charge in [0.15, 0.2) is 0 Å². The number of carbonyl (C=O) groups is 1. The van der Waals surface area contributed by atoms with Crippen LogP contribution in [-0.4, -0.2) is 11.6 Å². The van der Waals surface area contributed by atoms with E-state index in [-0.39, 0.29) is 11.8 Å². The summed E-state index contributed by atoms with van der Waals surface area (Å²) >= 11 is 0. The fourth-order valence-electron chi connectivity index (χ4n) is 3.12. The molecule has 1 saturated carbocycles. The van der Waals surface area contributed by atoms with Crippen LogP contribution in [0.2, 0.25) is 0 Å². The molecule has 3 heteroatoms. The van der Waals surface area contributed by atoms with E-state index in [1.54, 1.807) is 0 Å². The van der Waals surface area contributed by atoms with E-state index in [4.69, 9.17) is 0 Å². The van der Waals surface area contributed by atoms with Crippen molar-refractivity contribution in [3.8, 4) is 0 Å². The first-order valence-electron chi connectivity index (χ1n) is 8.99. The fourth-order valence-corrected chi connectivity index (χ4v) is 3.12. The van der Waals surface area contributed by atoms with Crippen molar-refractivity contribution in [2.45, 2.75) is 32.1 Å². The van der Waals surface area contributed by atoms with Gasteiger partial charge in [-0.25, -0.2) is 5.43 Å². The molecule has 3 nitrogen and oxygen atoms in total. The predicted molar refractivity (Wildman–Crippen MR) is 103 cm³/mol. The number of hydrogen-bond acceptors (Lipinski definition) is 2. The van der Waals surface area contributed by atoms with Crippen LogP contribution in [0.1, 0.15) is 43.2 Å². The lowest BCUT2D eigenvalue weighted by Gasteiger charge is -2.19. The molecule has 0 saturated heterocycles. The summed E-state index contributed by atoms with van der Waals surface area (Å²) in [5, 5.41) is 4.41. The van der Waals surface area contributed by atoms with Gasteiger partial charge in [-0.1, -0.05) is 86.0 Å². The number of amides is 1. The fraction of sp³-hybridized carbons (Fsp3) is 0.273. The summed E-state index contributed by atoms with van der Waals surface area (Å²) in [6, 6.07) is 20.0. The topological polar surface area (TPSA) is 41.5 Å². The van der Waals surface area contributed by atoms with E-state index < -0.39 is 0 Å². The average Bonchev–Trinajstić information content (AvgIpc) is 2.70. The van der Waals surface area contributed by atoms with Gasteiger partial charge in [-0.3, -0.25) is 4.79 Å². The maximum absolute atomic E-state index is 12.4. The lowest BCUT2D eigenvalue weighted by molar-refractivity contribution is -0.125. The molecule has 0 unspecified atom stereocenters. The second-order valence-corrected chi connectivity index (χ2v) is 6.42. The SMILES string of the molecule is O=C(NN=C(C=Cc1ccccc1)c1ccccc1)C1CCCCC1. The number of nitrogens with one attached hydrogen (secondary N) is 1. The number of rotatable bonds is 5. The Morgan fingerprint density at radius 2 is 1.56 bits per heavy atom. The second kappa shape index (κ2) is 8.97. The van der Waals surface area contributed by atoms with Gasteiger partial charge < -0.3 is 0 Å². The molecular weight excluding hydrogens is 308 g/mol. The first-order chi connectivity index (χ1) is 12.3. The molecule has 2 aromatic rings. The summed E-state index contributed by atoms with van der Waals surface area (Å²) in [6.45, 7) is 0. The van der Waals surface area contributed by atoms with Crippen LogP contribution in [0, 0.1) is 5.92 Å². The van der Waals surface area contributed by atoms with E-state index in [1.807, 2.05) is 72.8 Å². The number of nitrogens with zero attached hydrogens (tertiary/aromatic N) is 1. The van der Waals surface area contributed by atoms with Crippen LogP contribution in [0.3, 0.4) is 0 Å². The predicted octanol–water partition coefficient (Wildman–Crippen LogP) is 4.80. The third-order valence-corrected chi connectivity index (χ3v) is 4.57. The summed E-state index contributed by atoms with van der Waals surface area (Å²) in [4.78, 5) is 12.4. The molecule has 2 aromatic carbocycles. The van der Waals surface area contributed by atoms with Crippen molar-refractivity contribution in [2.24, 2.45) is 11.0 Å². The lowest BCUT2D eigenvalue weighted by Crippen LogP contribution is -2.29. The van der Waals surface area contributed by atoms with Crippen LogP contribution in [0.15, 0.2) is 71.8 Å². The van der Waals surface area contributed by atoms with E-state index in [0.29, 0.717) is 0 Å². The van der Waals surface area contributed by atoms with Crippen LogP contribution in [-0.2, 0) is 4.79 Å². The third kappa shape index (κ3) is 5.15. The van der Waals surface area contributed by atoms with Crippen LogP contribution < -0.4 is 5.43 Å². The van der Waals surface area contributed by atoms with Gasteiger partial charge in [0.05, 0.1) is 5.71 Å². The second-order valence-electron chi connectivity index (χ2n) is 6.42. The third-order valence-electron chi connectivity index (χ3n) is 4.57. The van der Waals surface area contributed by atoms with Gasteiger partial charge in [0.1, 0.15) is 0 Å². The maximum atomic E-state index is 12.4. The highest BCUT2D eigenvalue weighted by molar-refractivity contribution is 6.11. The number of carbonyl (C=O) groups excluding carboxylic acids is 1. The van der Waals surface area contributed by atoms with Gasteiger partial charge in [0.25, 0.3) is 0 Å². The van der Waals surface area contributed by atoms with E-state index >= 15 is 0 Å². The minimum absolute atomic E-state index is 0.0428. The quantitative estimate of drug-likeness (QED) is 0.620. The Morgan fingerprint density at radius 1 is 0.920 bits per heavy atom. The first kappa shape index (κ1) is 17.2. The zero-order chi connectivity index (χ0) is 17.3. The summed E-state index contributed by atoms with van der Waals surface area (Å²) in [6.07, 6.45) is 9.43. The highest BCUT2D eigenvalue weighted by Crippen LogP contribution is 2.23. The van der Waals surface area contributed by atoms with Gasteiger partial charge in [0, 0.05) is 11.5 Å². The standard InChI is InChI=1S/C22H24N2O/c25-22(20-14-8-3-9-15-20)24-23-21(19-12-6-2-7-13-19)17-16-18-10-4-1-5-11-18/h1-2,4-7,10-13,16-17,20H,3,8-9,14-15H2,(H,24,25). The maximum Gasteiger partial charge on any atom is 0.243 e. The highest BCUT2D eigenvalue weighted by Gasteiger charge is 2.20. The van der Waals surface area contributed by atoms with E-state index in [2.05, 4.69) is 10.5 Å². The monoisotopic (exact) mass is 332 g/mol. The highest BCUT2D eigenvalue weighted by atomic mass is 16.2. The summed E-state index contributed by atoms with van der Waals surface area (Å²) in [5.74, 6) is 0.147. The molecule has 0 heterocycles. The Balaban J connectivity index is 1.76. The van der Waals surface area contributed by atoms with Gasteiger partial charge in [-0.2, -0.15) is 5.10 Å². The van der Waals surface area contributed by atoms with Gasteiger partial charge >= 0.3 is 0 Å². The Morgan fingerprint density at radius 3 is 2.24 bits per heavy atom. The molecule has 0 aromatic heterocycles. The lowest BCUT2D eigenvalue weighted by atomic mass is 9.89. The average molecular weight is 332 g/mol. The molecule has 128 valence electrons. The van der Waals surface area contributed by atoms with Crippen molar-refractivity contribution < 1.29 is 4.79 Å². The van der Waals surface area contributed by atoms with Crippen LogP contribution in [0.25, 0.3) is 6.08 Å². The number of hydrazone groups is 1. The number of benzene rings is 2. The Labute approximate surface area is 149 Å². The van der Waals surface area contributed by atoms with Crippen molar-refractivity contribution in [1.82, 2.24) is 5.43 Å². The zero-order valence-corrected chi connectivity index (χ0v) is 14.4. The van der Waals surface area contributed by atoms with Gasteiger partial charge in [-0.15, -0.1) is 0 Å². The smallest absolute Gasteiger partial charge is 0.243 e. The Hall–Kier alpha value is -2.68. The molecule has 1 amide bonds. The van der Waals surface area contributed by atoms with Crippen molar-refractivity contribution in [2.75, 3.05) is 0 Å². The van der Waals surface area contributed by atoms with Gasteiger partial charge in [-0.05, 0) is 24.5 Å². The van der Waals surface area contributed by atoms with Gasteiger partial charge in [0.2, 0.25) is 5.91 Å². The first-order valence-corrected chi connectivity index (χ1v) is 8.99. The van der Waals surface area contributed by atoms with Crippen LogP contribution >= 0.6 is 0 Å². The number of allylic oxidation sites excluding steroid dienone is 1. The molecule has 1 N–H and O–H groups in total. The van der Waals surface area contributed by atoms with E-state index in [0.717, 1.165) is 42.5 Å². The minimum atomic E-state index is 0.0428. The summed E-state index contributed by atoms with van der Waals surface area (Å²) < 4.78 is 0. The molecule has 25 heavy (non-hydrogen) atoms. The summed E-state index contributed by atoms with van der Waals surface area (Å²) in [7, 11) is 0. The molecule has 1 aliphatic carbocycles. The molecule has 1 fully saturated rings. The zero-order valence-electron chi connectivity index (χ0n) is 14.4. The molecule has 0 atom stereocenters. The van der Waals surface area contributed by atoms with Crippen LogP contribution in [0.5, 0.6) is 0 Å². The molecule has 3 rings (SSSR count). The Bertz CT molecular complexity index is 729. The summed E-state index contributed by atoms with van der Waals surface area (Å²) in [5.41, 5.74) is 5.63. The molecule has 1 aliphatic rings. The van der Waals surface area contributed by atoms with Crippen molar-refractivity contribution in [1.29, 1.82) is 0 Å². The molecule has 0 radical (unpaired) electrons. The van der Waals surface area contributed by atoms with Crippen molar-refractivity contribution >= 4 is 17.7 Å². The van der Waals surface area contributed by atoms with Crippen molar-refractivity contribution in [3.05, 3.63) is 77.9 Å². The van der Waals surface area contributed by atoms with E-state index in [9.17, 15) is 4.79 Å². The Kier molecular flexibility index (Phi) is 6.16.